The number of fused-ring (bicyclic) bond motifs is 1. The second-order valence-corrected chi connectivity index (χ2v) is 5.72. The summed E-state index contributed by atoms with van der Waals surface area (Å²) in [6, 6.07) is 7.61. The third-order valence-corrected chi connectivity index (χ3v) is 3.97. The van der Waals surface area contributed by atoms with Crippen LogP contribution in [0.5, 0.6) is 11.5 Å². The predicted molar refractivity (Wildman–Crippen MR) is 79.6 cm³/mol. The van der Waals surface area contributed by atoms with Crippen LogP contribution in [0.25, 0.3) is 0 Å². The standard InChI is InChI=1S/C16H22N2O3/c19-16(8-12-4-3-7-17-9-12)18-10-13-11-20-14-5-1-2-6-15(14)21-13/h1-2,5-6,12-13,17H,3-4,7-11H2,(H,18,19). The molecule has 5 nitrogen and oxygen atoms in total. The van der Waals surface area contributed by atoms with Gasteiger partial charge in [0.2, 0.25) is 5.91 Å². The molecule has 0 spiro atoms. The Kier molecular flexibility index (Phi) is 4.60. The van der Waals surface area contributed by atoms with Crippen molar-refractivity contribution >= 4 is 5.91 Å². The molecule has 1 fully saturated rings. The molecule has 3 rings (SSSR count). The number of carbonyl (C=O) groups excluding carboxylic acids is 1. The first-order valence-corrected chi connectivity index (χ1v) is 7.67. The van der Waals surface area contributed by atoms with E-state index in [1.54, 1.807) is 0 Å². The number of benzene rings is 1. The molecule has 0 aliphatic carbocycles. The summed E-state index contributed by atoms with van der Waals surface area (Å²) in [5.41, 5.74) is 0. The van der Waals surface area contributed by atoms with E-state index in [9.17, 15) is 4.79 Å². The van der Waals surface area contributed by atoms with Gasteiger partial charge in [0.1, 0.15) is 12.7 Å². The summed E-state index contributed by atoms with van der Waals surface area (Å²) in [6.45, 7) is 2.99. The first-order valence-electron chi connectivity index (χ1n) is 7.67. The topological polar surface area (TPSA) is 59.6 Å². The van der Waals surface area contributed by atoms with Crippen molar-refractivity contribution in [2.75, 3.05) is 26.2 Å². The quantitative estimate of drug-likeness (QED) is 0.878. The average Bonchev–Trinajstić information content (AvgIpc) is 2.54. The fourth-order valence-corrected chi connectivity index (χ4v) is 2.82. The van der Waals surface area contributed by atoms with Crippen LogP contribution in [0.1, 0.15) is 19.3 Å². The third kappa shape index (κ3) is 3.88. The fourth-order valence-electron chi connectivity index (χ4n) is 2.82. The lowest BCUT2D eigenvalue weighted by atomic mass is 9.96. The van der Waals surface area contributed by atoms with Gasteiger partial charge in [0.05, 0.1) is 6.54 Å². The minimum atomic E-state index is -0.117. The summed E-state index contributed by atoms with van der Waals surface area (Å²) in [4.78, 5) is 12.0. The molecule has 1 aromatic rings. The number of nitrogens with one attached hydrogen (secondary N) is 2. The van der Waals surface area contributed by atoms with Gasteiger partial charge >= 0.3 is 0 Å². The number of rotatable bonds is 4. The van der Waals surface area contributed by atoms with Gasteiger partial charge in [-0.1, -0.05) is 12.1 Å². The molecule has 114 valence electrons. The maximum absolute atomic E-state index is 12.0. The largest absolute Gasteiger partial charge is 0.486 e. The molecular formula is C16H22N2O3. The van der Waals surface area contributed by atoms with Crippen LogP contribution in [-0.2, 0) is 4.79 Å². The Morgan fingerprint density at radius 2 is 2.19 bits per heavy atom. The highest BCUT2D eigenvalue weighted by molar-refractivity contribution is 5.76. The Bertz CT molecular complexity index is 486. The number of amides is 1. The van der Waals surface area contributed by atoms with E-state index in [1.165, 1.54) is 0 Å². The van der Waals surface area contributed by atoms with Crippen molar-refractivity contribution in [1.82, 2.24) is 10.6 Å². The number of hydrogen-bond donors (Lipinski definition) is 2. The molecule has 2 aliphatic heterocycles. The van der Waals surface area contributed by atoms with E-state index in [1.807, 2.05) is 24.3 Å². The summed E-state index contributed by atoms with van der Waals surface area (Å²) < 4.78 is 11.5. The van der Waals surface area contributed by atoms with Crippen LogP contribution in [0, 0.1) is 5.92 Å². The number of ether oxygens (including phenoxy) is 2. The molecule has 2 aliphatic rings. The number of hydrogen-bond acceptors (Lipinski definition) is 4. The van der Waals surface area contributed by atoms with Gasteiger partial charge in [0, 0.05) is 6.42 Å². The minimum Gasteiger partial charge on any atom is -0.486 e. The van der Waals surface area contributed by atoms with Gasteiger partial charge in [0.15, 0.2) is 11.5 Å². The van der Waals surface area contributed by atoms with Gasteiger partial charge in [-0.25, -0.2) is 0 Å². The van der Waals surface area contributed by atoms with Gasteiger partial charge in [0.25, 0.3) is 0 Å². The van der Waals surface area contributed by atoms with Crippen LogP contribution in [-0.4, -0.2) is 38.3 Å². The zero-order valence-corrected chi connectivity index (χ0v) is 12.1. The van der Waals surface area contributed by atoms with Crippen molar-refractivity contribution < 1.29 is 14.3 Å². The van der Waals surface area contributed by atoms with Crippen molar-refractivity contribution in [2.45, 2.75) is 25.4 Å². The molecule has 2 heterocycles. The summed E-state index contributed by atoms with van der Waals surface area (Å²) >= 11 is 0. The van der Waals surface area contributed by atoms with E-state index in [0.29, 0.717) is 25.5 Å². The van der Waals surface area contributed by atoms with Crippen LogP contribution in [0.15, 0.2) is 24.3 Å². The molecule has 21 heavy (non-hydrogen) atoms. The van der Waals surface area contributed by atoms with Crippen LogP contribution in [0.3, 0.4) is 0 Å². The Hall–Kier alpha value is -1.75. The Morgan fingerprint density at radius 1 is 1.33 bits per heavy atom. The van der Waals surface area contributed by atoms with Gasteiger partial charge in [-0.15, -0.1) is 0 Å². The van der Waals surface area contributed by atoms with Gasteiger partial charge in [-0.2, -0.15) is 0 Å². The molecule has 1 saturated heterocycles. The molecule has 2 unspecified atom stereocenters. The van der Waals surface area contributed by atoms with Crippen molar-refractivity contribution in [3.63, 3.8) is 0 Å². The summed E-state index contributed by atoms with van der Waals surface area (Å²) in [5.74, 6) is 2.09. The maximum Gasteiger partial charge on any atom is 0.220 e. The normalized spacial score (nSPS) is 24.4. The summed E-state index contributed by atoms with van der Waals surface area (Å²) in [7, 11) is 0. The average molecular weight is 290 g/mol. The van der Waals surface area contributed by atoms with Crippen LogP contribution < -0.4 is 20.1 Å². The lowest BCUT2D eigenvalue weighted by Gasteiger charge is -2.27. The Balaban J connectivity index is 1.42. The second kappa shape index (κ2) is 6.80. The van der Waals surface area contributed by atoms with Crippen molar-refractivity contribution in [1.29, 1.82) is 0 Å². The highest BCUT2D eigenvalue weighted by Crippen LogP contribution is 2.30. The highest BCUT2D eigenvalue weighted by Gasteiger charge is 2.22. The summed E-state index contributed by atoms with van der Waals surface area (Å²) in [5, 5.41) is 6.29. The van der Waals surface area contributed by atoms with E-state index < -0.39 is 0 Å². The smallest absolute Gasteiger partial charge is 0.220 e. The summed E-state index contributed by atoms with van der Waals surface area (Å²) in [6.07, 6.45) is 2.77. The molecule has 0 radical (unpaired) electrons. The molecule has 0 aromatic heterocycles. The monoisotopic (exact) mass is 290 g/mol. The number of piperidine rings is 1. The van der Waals surface area contributed by atoms with Gasteiger partial charge in [-0.3, -0.25) is 4.79 Å². The fraction of sp³-hybridized carbons (Fsp3) is 0.562. The molecular weight excluding hydrogens is 268 g/mol. The lowest BCUT2D eigenvalue weighted by molar-refractivity contribution is -0.122. The van der Waals surface area contributed by atoms with E-state index in [2.05, 4.69) is 10.6 Å². The molecule has 5 heteroatoms. The zero-order valence-electron chi connectivity index (χ0n) is 12.1. The van der Waals surface area contributed by atoms with E-state index in [-0.39, 0.29) is 12.0 Å². The lowest BCUT2D eigenvalue weighted by Crippen LogP contribution is -2.42. The van der Waals surface area contributed by atoms with Gasteiger partial charge < -0.3 is 20.1 Å². The number of carbonyl (C=O) groups is 1. The van der Waals surface area contributed by atoms with Crippen molar-refractivity contribution in [2.24, 2.45) is 5.92 Å². The molecule has 1 aromatic carbocycles. The SMILES string of the molecule is O=C(CC1CCCNC1)NCC1COc2ccccc2O1. The van der Waals surface area contributed by atoms with Crippen LogP contribution in [0.2, 0.25) is 0 Å². The highest BCUT2D eigenvalue weighted by atomic mass is 16.6. The predicted octanol–water partition coefficient (Wildman–Crippen LogP) is 1.33. The first kappa shape index (κ1) is 14.2. The Morgan fingerprint density at radius 3 is 3.00 bits per heavy atom. The van der Waals surface area contributed by atoms with Gasteiger partial charge in [-0.05, 0) is 44.0 Å². The van der Waals surface area contributed by atoms with E-state index >= 15 is 0 Å². The maximum atomic E-state index is 12.0. The molecule has 0 saturated carbocycles. The molecule has 2 N–H and O–H groups in total. The number of para-hydroxylation sites is 2. The van der Waals surface area contributed by atoms with Crippen LogP contribution >= 0.6 is 0 Å². The van der Waals surface area contributed by atoms with E-state index in [4.69, 9.17) is 9.47 Å². The minimum absolute atomic E-state index is 0.103. The molecule has 0 bridgehead atoms. The zero-order chi connectivity index (χ0) is 14.5. The van der Waals surface area contributed by atoms with Crippen molar-refractivity contribution in [3.8, 4) is 11.5 Å². The molecule has 2 atom stereocenters. The van der Waals surface area contributed by atoms with E-state index in [0.717, 1.165) is 37.4 Å². The second-order valence-electron chi connectivity index (χ2n) is 5.72. The third-order valence-electron chi connectivity index (χ3n) is 3.97. The van der Waals surface area contributed by atoms with Crippen molar-refractivity contribution in [3.05, 3.63) is 24.3 Å². The van der Waals surface area contributed by atoms with Crippen LogP contribution in [0.4, 0.5) is 0 Å². The molecule has 1 amide bonds. The first-order chi connectivity index (χ1) is 10.3. The Labute approximate surface area is 125 Å².